The van der Waals surface area contributed by atoms with Crippen LogP contribution < -0.4 is 16.6 Å². The molecule has 2 aromatic rings. The normalized spacial score (nSPS) is 10.1. The van der Waals surface area contributed by atoms with E-state index in [1.54, 1.807) is 30.3 Å². The average Bonchev–Trinajstić information content (AvgIpc) is 2.81. The molecule has 0 fully saturated rings. The fourth-order valence-electron chi connectivity index (χ4n) is 1.57. The lowest BCUT2D eigenvalue weighted by atomic mass is 10.1. The van der Waals surface area contributed by atoms with Crippen molar-refractivity contribution >= 4 is 11.6 Å². The van der Waals surface area contributed by atoms with Crippen LogP contribution in [0, 0.1) is 6.92 Å². The van der Waals surface area contributed by atoms with Crippen LogP contribution in [0.15, 0.2) is 34.9 Å². The Hall–Kier alpha value is -2.34. The van der Waals surface area contributed by atoms with Gasteiger partial charge in [-0.25, -0.2) is 0 Å². The van der Waals surface area contributed by atoms with Crippen molar-refractivity contribution in [2.75, 3.05) is 5.43 Å². The lowest BCUT2D eigenvalue weighted by molar-refractivity contribution is 0.0948. The number of nitrogen functional groups attached to an aromatic ring is 1. The molecule has 0 aliphatic carbocycles. The second-order valence-corrected chi connectivity index (χ2v) is 3.81. The Kier molecular flexibility index (Phi) is 3.59. The zero-order valence-corrected chi connectivity index (χ0v) is 9.93. The molecule has 1 amide bonds. The number of rotatable bonds is 4. The molecule has 0 unspecified atom stereocenters. The maximum Gasteiger partial charge on any atom is 0.253 e. The summed E-state index contributed by atoms with van der Waals surface area (Å²) in [6, 6.07) is 8.76. The minimum atomic E-state index is -0.224. The molecule has 0 aliphatic heterocycles. The van der Waals surface area contributed by atoms with Crippen molar-refractivity contribution in [2.45, 2.75) is 13.5 Å². The van der Waals surface area contributed by atoms with Crippen molar-refractivity contribution in [1.82, 2.24) is 10.5 Å². The van der Waals surface area contributed by atoms with Crippen molar-refractivity contribution < 1.29 is 9.32 Å². The number of amides is 1. The minimum absolute atomic E-state index is 0.224. The topological polar surface area (TPSA) is 93.2 Å². The number of nitrogens with zero attached hydrogens (tertiary/aromatic N) is 1. The van der Waals surface area contributed by atoms with Gasteiger partial charge in [-0.2, -0.15) is 0 Å². The molecule has 4 N–H and O–H groups in total. The van der Waals surface area contributed by atoms with E-state index in [0.717, 1.165) is 5.69 Å². The predicted octanol–water partition coefficient (Wildman–Crippen LogP) is 1.20. The van der Waals surface area contributed by atoms with Gasteiger partial charge in [0.1, 0.15) is 0 Å². The Morgan fingerprint density at radius 2 is 2.22 bits per heavy atom. The highest BCUT2D eigenvalue weighted by Gasteiger charge is 2.10. The monoisotopic (exact) mass is 246 g/mol. The first-order valence-electron chi connectivity index (χ1n) is 5.46. The Morgan fingerprint density at radius 3 is 2.89 bits per heavy atom. The molecule has 0 saturated heterocycles. The zero-order valence-electron chi connectivity index (χ0n) is 9.93. The van der Waals surface area contributed by atoms with Gasteiger partial charge in [-0.05, 0) is 19.1 Å². The van der Waals surface area contributed by atoms with Gasteiger partial charge in [-0.3, -0.25) is 10.6 Å². The highest BCUT2D eigenvalue weighted by Crippen LogP contribution is 2.13. The van der Waals surface area contributed by atoms with Crippen LogP contribution in [0.3, 0.4) is 0 Å². The number of carbonyl (C=O) groups is 1. The number of nitrogens with two attached hydrogens (primary N) is 1. The number of hydrogen-bond donors (Lipinski definition) is 3. The van der Waals surface area contributed by atoms with Crippen LogP contribution in [-0.2, 0) is 6.54 Å². The quantitative estimate of drug-likeness (QED) is 0.556. The van der Waals surface area contributed by atoms with Crippen LogP contribution >= 0.6 is 0 Å². The van der Waals surface area contributed by atoms with Crippen LogP contribution in [0.2, 0.25) is 0 Å². The molecule has 6 heteroatoms. The predicted molar refractivity (Wildman–Crippen MR) is 66.7 cm³/mol. The fraction of sp³-hybridized carbons (Fsp3) is 0.167. The highest BCUT2D eigenvalue weighted by atomic mass is 16.5. The Bertz CT molecular complexity index is 551. The van der Waals surface area contributed by atoms with E-state index in [2.05, 4.69) is 15.9 Å². The molecule has 94 valence electrons. The van der Waals surface area contributed by atoms with Gasteiger partial charge in [0, 0.05) is 6.07 Å². The van der Waals surface area contributed by atoms with Crippen LogP contribution in [-0.4, -0.2) is 11.1 Å². The second-order valence-electron chi connectivity index (χ2n) is 3.81. The van der Waals surface area contributed by atoms with E-state index in [1.165, 1.54) is 0 Å². The van der Waals surface area contributed by atoms with Crippen molar-refractivity contribution in [1.29, 1.82) is 0 Å². The maximum absolute atomic E-state index is 11.9. The van der Waals surface area contributed by atoms with Gasteiger partial charge in [0.25, 0.3) is 5.91 Å². The minimum Gasteiger partial charge on any atom is -0.359 e. The molecular formula is C12H14N4O2. The largest absolute Gasteiger partial charge is 0.359 e. The summed E-state index contributed by atoms with van der Waals surface area (Å²) in [5, 5.41) is 6.48. The van der Waals surface area contributed by atoms with E-state index in [0.29, 0.717) is 23.6 Å². The third kappa shape index (κ3) is 2.67. The van der Waals surface area contributed by atoms with E-state index < -0.39 is 0 Å². The number of aryl methyl sites for hydroxylation is 1. The molecule has 1 heterocycles. The SMILES string of the molecule is Cc1cc(CNC(=O)c2ccccc2NN)on1. The second kappa shape index (κ2) is 5.33. The van der Waals surface area contributed by atoms with Crippen LogP contribution in [0.5, 0.6) is 0 Å². The number of anilines is 1. The summed E-state index contributed by atoms with van der Waals surface area (Å²) in [5.41, 5.74) is 4.32. The molecule has 0 saturated carbocycles. The van der Waals surface area contributed by atoms with Gasteiger partial charge < -0.3 is 15.3 Å². The lowest BCUT2D eigenvalue weighted by Crippen LogP contribution is -2.24. The summed E-state index contributed by atoms with van der Waals surface area (Å²) in [7, 11) is 0. The van der Waals surface area contributed by atoms with E-state index >= 15 is 0 Å². The number of benzene rings is 1. The molecule has 0 aliphatic rings. The molecule has 1 aromatic carbocycles. The summed E-state index contributed by atoms with van der Waals surface area (Å²) in [6.07, 6.45) is 0. The average molecular weight is 246 g/mol. The molecule has 6 nitrogen and oxygen atoms in total. The number of hydrazine groups is 1. The van der Waals surface area contributed by atoms with Gasteiger partial charge in [0.15, 0.2) is 5.76 Å². The number of hydrogen-bond acceptors (Lipinski definition) is 5. The molecule has 0 bridgehead atoms. The number of carbonyl (C=O) groups excluding carboxylic acids is 1. The van der Waals surface area contributed by atoms with Gasteiger partial charge in [0.05, 0.1) is 23.5 Å². The first kappa shape index (κ1) is 12.1. The molecule has 0 radical (unpaired) electrons. The van der Waals surface area contributed by atoms with Gasteiger partial charge in [0.2, 0.25) is 0 Å². The van der Waals surface area contributed by atoms with E-state index in [-0.39, 0.29) is 5.91 Å². The number of aromatic nitrogens is 1. The summed E-state index contributed by atoms with van der Waals surface area (Å²) < 4.78 is 5.00. The highest BCUT2D eigenvalue weighted by molar-refractivity contribution is 5.99. The van der Waals surface area contributed by atoms with E-state index in [9.17, 15) is 4.79 Å². The number of nitrogens with one attached hydrogen (secondary N) is 2. The smallest absolute Gasteiger partial charge is 0.253 e. The van der Waals surface area contributed by atoms with Crippen molar-refractivity contribution in [2.24, 2.45) is 5.84 Å². The summed E-state index contributed by atoms with van der Waals surface area (Å²) in [6.45, 7) is 2.11. The Balaban J connectivity index is 2.03. The fourth-order valence-corrected chi connectivity index (χ4v) is 1.57. The van der Waals surface area contributed by atoms with E-state index in [1.807, 2.05) is 6.92 Å². The summed E-state index contributed by atoms with van der Waals surface area (Å²) >= 11 is 0. The molecule has 0 spiro atoms. The first-order chi connectivity index (χ1) is 8.70. The number of para-hydroxylation sites is 1. The lowest BCUT2D eigenvalue weighted by Gasteiger charge is -2.08. The molecule has 2 rings (SSSR count). The third-order valence-electron chi connectivity index (χ3n) is 2.43. The van der Waals surface area contributed by atoms with Crippen LogP contribution in [0.4, 0.5) is 5.69 Å². The standard InChI is InChI=1S/C12H14N4O2/c1-8-6-9(18-16-8)7-14-12(17)10-4-2-3-5-11(10)15-13/h2-6,15H,7,13H2,1H3,(H,14,17). The maximum atomic E-state index is 11.9. The molecule has 1 aromatic heterocycles. The van der Waals surface area contributed by atoms with Crippen molar-refractivity contribution in [3.63, 3.8) is 0 Å². The molecule has 0 atom stereocenters. The van der Waals surface area contributed by atoms with Crippen molar-refractivity contribution in [3.05, 3.63) is 47.3 Å². The van der Waals surface area contributed by atoms with Gasteiger partial charge in [-0.15, -0.1) is 0 Å². The van der Waals surface area contributed by atoms with Crippen LogP contribution in [0.25, 0.3) is 0 Å². The zero-order chi connectivity index (χ0) is 13.0. The Labute approximate surface area is 104 Å². The van der Waals surface area contributed by atoms with Crippen LogP contribution in [0.1, 0.15) is 21.8 Å². The van der Waals surface area contributed by atoms with Gasteiger partial charge >= 0.3 is 0 Å². The molecule has 18 heavy (non-hydrogen) atoms. The third-order valence-corrected chi connectivity index (χ3v) is 2.43. The summed E-state index contributed by atoms with van der Waals surface area (Å²) in [4.78, 5) is 11.9. The Morgan fingerprint density at radius 1 is 1.44 bits per heavy atom. The van der Waals surface area contributed by atoms with Crippen molar-refractivity contribution in [3.8, 4) is 0 Å². The van der Waals surface area contributed by atoms with Gasteiger partial charge in [-0.1, -0.05) is 17.3 Å². The molecular weight excluding hydrogens is 232 g/mol. The van der Waals surface area contributed by atoms with E-state index in [4.69, 9.17) is 10.4 Å². The summed E-state index contributed by atoms with van der Waals surface area (Å²) in [5.74, 6) is 5.73. The first-order valence-corrected chi connectivity index (χ1v) is 5.46.